The van der Waals surface area contributed by atoms with Crippen LogP contribution in [0.2, 0.25) is 5.02 Å². The van der Waals surface area contributed by atoms with Crippen LogP contribution in [0.4, 0.5) is 11.4 Å². The van der Waals surface area contributed by atoms with Gasteiger partial charge in [-0.15, -0.1) is 0 Å². The van der Waals surface area contributed by atoms with Crippen LogP contribution in [0.1, 0.15) is 11.1 Å². The molecule has 0 aromatic heterocycles. The van der Waals surface area contributed by atoms with E-state index >= 15 is 0 Å². The molecular formula is C22H19ClN2O2. The van der Waals surface area contributed by atoms with Crippen molar-refractivity contribution in [1.29, 1.82) is 0 Å². The van der Waals surface area contributed by atoms with Gasteiger partial charge in [-0.2, -0.15) is 0 Å². The van der Waals surface area contributed by atoms with Gasteiger partial charge < -0.3 is 10.6 Å². The first kappa shape index (κ1) is 18.7. The second-order valence-corrected chi connectivity index (χ2v) is 6.58. The minimum atomic E-state index is -0.134. The maximum Gasteiger partial charge on any atom is 0.228 e. The van der Waals surface area contributed by atoms with Gasteiger partial charge in [-0.05, 0) is 41.5 Å². The maximum atomic E-state index is 12.2. The van der Waals surface area contributed by atoms with Crippen molar-refractivity contribution in [2.75, 3.05) is 10.6 Å². The SMILES string of the molecule is O=C(Cc1ccccc1)Nc1cccc(NC(=O)Cc2ccc(Cl)cc2)c1. The van der Waals surface area contributed by atoms with Crippen LogP contribution in [0, 0.1) is 0 Å². The summed E-state index contributed by atoms with van der Waals surface area (Å²) in [6, 6.07) is 23.8. The van der Waals surface area contributed by atoms with Crippen LogP contribution in [0.15, 0.2) is 78.9 Å². The number of carbonyl (C=O) groups excluding carboxylic acids is 2. The zero-order chi connectivity index (χ0) is 19.1. The number of rotatable bonds is 6. The van der Waals surface area contributed by atoms with Crippen molar-refractivity contribution < 1.29 is 9.59 Å². The Bertz CT molecular complexity index is 925. The Balaban J connectivity index is 1.57. The Morgan fingerprint density at radius 3 is 1.74 bits per heavy atom. The molecule has 0 heterocycles. The van der Waals surface area contributed by atoms with Crippen molar-refractivity contribution in [2.24, 2.45) is 0 Å². The highest BCUT2D eigenvalue weighted by molar-refractivity contribution is 6.30. The predicted molar refractivity (Wildman–Crippen MR) is 109 cm³/mol. The third-order valence-electron chi connectivity index (χ3n) is 3.92. The third-order valence-corrected chi connectivity index (χ3v) is 4.17. The topological polar surface area (TPSA) is 58.2 Å². The minimum Gasteiger partial charge on any atom is -0.326 e. The normalized spacial score (nSPS) is 10.3. The average Bonchev–Trinajstić information content (AvgIpc) is 2.64. The molecule has 3 aromatic rings. The number of hydrogen-bond acceptors (Lipinski definition) is 2. The number of amides is 2. The predicted octanol–water partition coefficient (Wildman–Crippen LogP) is 4.70. The molecule has 0 atom stereocenters. The molecule has 0 aliphatic rings. The fourth-order valence-electron chi connectivity index (χ4n) is 2.65. The Labute approximate surface area is 163 Å². The summed E-state index contributed by atoms with van der Waals surface area (Å²) >= 11 is 5.85. The fourth-order valence-corrected chi connectivity index (χ4v) is 2.78. The molecule has 0 aliphatic heterocycles. The van der Waals surface area contributed by atoms with E-state index < -0.39 is 0 Å². The van der Waals surface area contributed by atoms with Gasteiger partial charge in [0, 0.05) is 16.4 Å². The van der Waals surface area contributed by atoms with E-state index in [0.717, 1.165) is 11.1 Å². The summed E-state index contributed by atoms with van der Waals surface area (Å²) in [6.45, 7) is 0. The first-order valence-electron chi connectivity index (χ1n) is 8.56. The lowest BCUT2D eigenvalue weighted by atomic mass is 10.1. The van der Waals surface area contributed by atoms with Crippen LogP contribution in [-0.2, 0) is 22.4 Å². The minimum absolute atomic E-state index is 0.106. The number of hydrogen-bond donors (Lipinski definition) is 2. The van der Waals surface area contributed by atoms with Gasteiger partial charge in [-0.1, -0.05) is 60.1 Å². The van der Waals surface area contributed by atoms with Gasteiger partial charge in [0.25, 0.3) is 0 Å². The highest BCUT2D eigenvalue weighted by Crippen LogP contribution is 2.16. The van der Waals surface area contributed by atoms with E-state index in [-0.39, 0.29) is 18.2 Å². The molecule has 2 N–H and O–H groups in total. The van der Waals surface area contributed by atoms with Crippen LogP contribution >= 0.6 is 11.6 Å². The van der Waals surface area contributed by atoms with Crippen molar-refractivity contribution in [3.05, 3.63) is 95.0 Å². The molecule has 0 spiro atoms. The summed E-state index contributed by atoms with van der Waals surface area (Å²) in [5.74, 6) is -0.240. The molecule has 0 aliphatic carbocycles. The van der Waals surface area contributed by atoms with E-state index in [0.29, 0.717) is 22.8 Å². The second kappa shape index (κ2) is 9.01. The van der Waals surface area contributed by atoms with Gasteiger partial charge >= 0.3 is 0 Å². The van der Waals surface area contributed by atoms with Crippen molar-refractivity contribution >= 4 is 34.8 Å². The summed E-state index contributed by atoms with van der Waals surface area (Å²) in [6.07, 6.45) is 0.551. The lowest BCUT2D eigenvalue weighted by Gasteiger charge is -2.09. The highest BCUT2D eigenvalue weighted by atomic mass is 35.5. The molecule has 4 nitrogen and oxygen atoms in total. The van der Waals surface area contributed by atoms with Crippen LogP contribution in [-0.4, -0.2) is 11.8 Å². The summed E-state index contributed by atoms with van der Waals surface area (Å²) in [7, 11) is 0. The molecule has 3 rings (SSSR count). The third kappa shape index (κ3) is 5.97. The number of nitrogens with one attached hydrogen (secondary N) is 2. The van der Waals surface area contributed by atoms with Gasteiger partial charge in [0.15, 0.2) is 0 Å². The lowest BCUT2D eigenvalue weighted by molar-refractivity contribution is -0.116. The fraction of sp³-hybridized carbons (Fsp3) is 0.0909. The van der Waals surface area contributed by atoms with Crippen LogP contribution in [0.5, 0.6) is 0 Å². The standard InChI is InChI=1S/C22H19ClN2O2/c23-18-11-9-17(10-12-18)14-22(27)25-20-8-4-7-19(15-20)24-21(26)13-16-5-2-1-3-6-16/h1-12,15H,13-14H2,(H,24,26)(H,25,27). The number of carbonyl (C=O) groups is 2. The van der Waals surface area contributed by atoms with Crippen molar-refractivity contribution in [3.63, 3.8) is 0 Å². The summed E-state index contributed by atoms with van der Waals surface area (Å²) in [5, 5.41) is 6.34. The van der Waals surface area contributed by atoms with E-state index in [1.54, 1.807) is 36.4 Å². The van der Waals surface area contributed by atoms with Crippen LogP contribution in [0.25, 0.3) is 0 Å². The smallest absolute Gasteiger partial charge is 0.228 e. The summed E-state index contributed by atoms with van der Waals surface area (Å²) in [5.41, 5.74) is 3.10. The van der Waals surface area contributed by atoms with Gasteiger partial charge in [0.1, 0.15) is 0 Å². The quantitative estimate of drug-likeness (QED) is 0.653. The Morgan fingerprint density at radius 2 is 1.19 bits per heavy atom. The molecule has 0 fully saturated rings. The van der Waals surface area contributed by atoms with E-state index in [1.165, 1.54) is 0 Å². The Hall–Kier alpha value is -3.11. The highest BCUT2D eigenvalue weighted by Gasteiger charge is 2.07. The zero-order valence-electron chi connectivity index (χ0n) is 14.6. The number of halogens is 1. The largest absolute Gasteiger partial charge is 0.326 e. The van der Waals surface area contributed by atoms with E-state index in [1.807, 2.05) is 42.5 Å². The lowest BCUT2D eigenvalue weighted by Crippen LogP contribution is -2.16. The molecule has 0 radical (unpaired) electrons. The van der Waals surface area contributed by atoms with Crippen molar-refractivity contribution in [2.45, 2.75) is 12.8 Å². The Kier molecular flexibility index (Phi) is 6.23. The van der Waals surface area contributed by atoms with Gasteiger partial charge in [-0.25, -0.2) is 0 Å². The Morgan fingerprint density at radius 1 is 0.667 bits per heavy atom. The molecule has 0 unspecified atom stereocenters. The van der Waals surface area contributed by atoms with E-state index in [2.05, 4.69) is 10.6 Å². The molecule has 0 saturated carbocycles. The van der Waals surface area contributed by atoms with Gasteiger partial charge in [0.05, 0.1) is 12.8 Å². The number of benzene rings is 3. The van der Waals surface area contributed by atoms with Gasteiger partial charge in [0.2, 0.25) is 11.8 Å². The molecule has 5 heteroatoms. The first-order chi connectivity index (χ1) is 13.1. The zero-order valence-corrected chi connectivity index (χ0v) is 15.4. The number of anilines is 2. The second-order valence-electron chi connectivity index (χ2n) is 6.14. The molecule has 0 saturated heterocycles. The average molecular weight is 379 g/mol. The van der Waals surface area contributed by atoms with E-state index in [9.17, 15) is 9.59 Å². The molecule has 0 bridgehead atoms. The molecule has 3 aromatic carbocycles. The maximum absolute atomic E-state index is 12.2. The van der Waals surface area contributed by atoms with Crippen molar-refractivity contribution in [3.8, 4) is 0 Å². The van der Waals surface area contributed by atoms with Crippen LogP contribution in [0.3, 0.4) is 0 Å². The van der Waals surface area contributed by atoms with E-state index in [4.69, 9.17) is 11.6 Å². The molecule has 2 amide bonds. The summed E-state index contributed by atoms with van der Waals surface area (Å²) in [4.78, 5) is 24.4. The molecule has 27 heavy (non-hydrogen) atoms. The molecule has 136 valence electrons. The summed E-state index contributed by atoms with van der Waals surface area (Å²) < 4.78 is 0. The molecular weight excluding hydrogens is 360 g/mol. The van der Waals surface area contributed by atoms with Crippen LogP contribution < -0.4 is 10.6 Å². The van der Waals surface area contributed by atoms with Crippen molar-refractivity contribution in [1.82, 2.24) is 0 Å². The monoisotopic (exact) mass is 378 g/mol. The first-order valence-corrected chi connectivity index (χ1v) is 8.94. The van der Waals surface area contributed by atoms with Gasteiger partial charge in [-0.3, -0.25) is 9.59 Å².